The Balaban J connectivity index is 1.63. The van der Waals surface area contributed by atoms with Crippen molar-refractivity contribution in [3.63, 3.8) is 0 Å². The number of nitrogens with zero attached hydrogens (tertiary/aromatic N) is 1. The summed E-state index contributed by atoms with van der Waals surface area (Å²) in [7, 11) is 0. The number of amides is 1. The molecule has 2 fully saturated rings. The molecule has 0 bridgehead atoms. The lowest BCUT2D eigenvalue weighted by Gasteiger charge is -2.34. The molecule has 0 aromatic heterocycles. The van der Waals surface area contributed by atoms with E-state index in [-0.39, 0.29) is 30.3 Å². The number of rotatable bonds is 4. The lowest BCUT2D eigenvalue weighted by Crippen LogP contribution is -2.40. The molecule has 1 aliphatic carbocycles. The predicted octanol–water partition coefficient (Wildman–Crippen LogP) is 3.42. The summed E-state index contributed by atoms with van der Waals surface area (Å²) >= 11 is 6.08. The molecular formula is C18H23ClFNO2. The van der Waals surface area contributed by atoms with Gasteiger partial charge in [0.2, 0.25) is 5.91 Å². The molecule has 2 aliphatic rings. The Kier molecular flexibility index (Phi) is 5.22. The fourth-order valence-corrected chi connectivity index (χ4v) is 4.17. The molecule has 23 heavy (non-hydrogen) atoms. The third-order valence-electron chi connectivity index (χ3n) is 5.38. The number of carbonyl (C=O) groups is 1. The van der Waals surface area contributed by atoms with Gasteiger partial charge in [-0.1, -0.05) is 17.7 Å². The van der Waals surface area contributed by atoms with Crippen molar-refractivity contribution in [1.82, 2.24) is 4.90 Å². The van der Waals surface area contributed by atoms with E-state index in [2.05, 4.69) is 0 Å². The fourth-order valence-electron chi connectivity index (χ4n) is 3.93. The normalized spacial score (nSPS) is 28.4. The van der Waals surface area contributed by atoms with Crippen LogP contribution in [0, 0.1) is 17.7 Å². The molecule has 1 atom stereocenters. The van der Waals surface area contributed by atoms with Crippen LogP contribution in [0.4, 0.5) is 4.39 Å². The van der Waals surface area contributed by atoms with Crippen LogP contribution in [0.15, 0.2) is 18.2 Å². The highest BCUT2D eigenvalue weighted by molar-refractivity contribution is 6.31. The first-order chi connectivity index (χ1) is 11.1. The smallest absolute Gasteiger partial charge is 0.226 e. The molecule has 1 aromatic carbocycles. The first kappa shape index (κ1) is 16.7. The van der Waals surface area contributed by atoms with E-state index >= 15 is 0 Å². The average Bonchev–Trinajstić information content (AvgIpc) is 2.92. The zero-order valence-corrected chi connectivity index (χ0v) is 13.9. The van der Waals surface area contributed by atoms with Crippen LogP contribution >= 0.6 is 11.6 Å². The highest BCUT2D eigenvalue weighted by Gasteiger charge is 2.37. The van der Waals surface area contributed by atoms with Crippen molar-refractivity contribution in [2.45, 2.75) is 44.6 Å². The van der Waals surface area contributed by atoms with Gasteiger partial charge in [-0.3, -0.25) is 4.79 Å². The summed E-state index contributed by atoms with van der Waals surface area (Å²) in [5.41, 5.74) is 0.457. The van der Waals surface area contributed by atoms with Gasteiger partial charge in [-0.2, -0.15) is 0 Å². The van der Waals surface area contributed by atoms with Gasteiger partial charge in [-0.15, -0.1) is 0 Å². The Morgan fingerprint density at radius 2 is 1.96 bits per heavy atom. The zero-order valence-electron chi connectivity index (χ0n) is 13.2. The third-order valence-corrected chi connectivity index (χ3v) is 5.73. The Morgan fingerprint density at radius 1 is 1.22 bits per heavy atom. The van der Waals surface area contributed by atoms with Gasteiger partial charge in [0, 0.05) is 35.7 Å². The molecule has 0 unspecified atom stereocenters. The van der Waals surface area contributed by atoms with Crippen LogP contribution in [0.5, 0.6) is 0 Å². The summed E-state index contributed by atoms with van der Waals surface area (Å²) in [6.45, 7) is 0.999. The molecule has 3 nitrogen and oxygen atoms in total. The van der Waals surface area contributed by atoms with E-state index in [0.29, 0.717) is 22.9 Å². The van der Waals surface area contributed by atoms with E-state index in [4.69, 9.17) is 11.6 Å². The Hall–Kier alpha value is -1.13. The van der Waals surface area contributed by atoms with Crippen molar-refractivity contribution in [2.75, 3.05) is 13.2 Å². The molecule has 5 heteroatoms. The summed E-state index contributed by atoms with van der Waals surface area (Å²) in [5.74, 6) is 0.0286. The van der Waals surface area contributed by atoms with Crippen LogP contribution in [-0.4, -0.2) is 35.1 Å². The summed E-state index contributed by atoms with van der Waals surface area (Å²) in [6.07, 6.45) is 5.04. The van der Waals surface area contributed by atoms with E-state index in [1.165, 1.54) is 6.07 Å². The molecule has 0 radical (unpaired) electrons. The number of aliphatic hydroxyl groups is 1. The zero-order chi connectivity index (χ0) is 16.4. The van der Waals surface area contributed by atoms with Gasteiger partial charge in [0.15, 0.2) is 0 Å². The van der Waals surface area contributed by atoms with E-state index < -0.39 is 0 Å². The topological polar surface area (TPSA) is 40.5 Å². The van der Waals surface area contributed by atoms with Crippen molar-refractivity contribution in [3.8, 4) is 0 Å². The lowest BCUT2D eigenvalue weighted by atomic mass is 9.86. The van der Waals surface area contributed by atoms with Gasteiger partial charge in [0.05, 0.1) is 0 Å². The van der Waals surface area contributed by atoms with E-state index in [9.17, 15) is 14.3 Å². The van der Waals surface area contributed by atoms with Crippen LogP contribution in [0.1, 0.15) is 37.7 Å². The fraction of sp³-hybridized carbons (Fsp3) is 0.611. The highest BCUT2D eigenvalue weighted by atomic mass is 35.5. The van der Waals surface area contributed by atoms with E-state index in [1.807, 2.05) is 4.90 Å². The number of halogens is 2. The monoisotopic (exact) mass is 339 g/mol. The minimum Gasteiger partial charge on any atom is -0.396 e. The molecule has 1 saturated heterocycles. The van der Waals surface area contributed by atoms with Crippen molar-refractivity contribution in [3.05, 3.63) is 34.6 Å². The van der Waals surface area contributed by atoms with Gasteiger partial charge in [-0.05, 0) is 56.6 Å². The number of hydrogen-bond donors (Lipinski definition) is 1. The SMILES string of the molecule is O=C1[C@@H](Cc2c(F)cccc2Cl)CCN1C1CCC(CO)CC1. The second-order valence-corrected chi connectivity index (χ2v) is 7.19. The Labute approximate surface area is 141 Å². The Bertz CT molecular complexity index is 552. The van der Waals surface area contributed by atoms with Crippen LogP contribution in [-0.2, 0) is 11.2 Å². The quantitative estimate of drug-likeness (QED) is 0.913. The number of benzene rings is 1. The maximum Gasteiger partial charge on any atom is 0.226 e. The highest BCUT2D eigenvalue weighted by Crippen LogP contribution is 2.33. The Morgan fingerprint density at radius 3 is 2.61 bits per heavy atom. The third kappa shape index (κ3) is 3.53. The lowest BCUT2D eigenvalue weighted by molar-refractivity contribution is -0.133. The second-order valence-electron chi connectivity index (χ2n) is 6.78. The van der Waals surface area contributed by atoms with E-state index in [1.54, 1.807) is 12.1 Å². The minimum atomic E-state index is -0.327. The van der Waals surface area contributed by atoms with Crippen LogP contribution < -0.4 is 0 Å². The second kappa shape index (κ2) is 7.18. The standard InChI is InChI=1S/C18H23ClFNO2/c19-16-2-1-3-17(20)15(16)10-13-8-9-21(18(13)23)14-6-4-12(11-22)5-7-14/h1-3,12-14,22H,4-11H2/t12?,13-,14?/m1/s1. The summed E-state index contributed by atoms with van der Waals surface area (Å²) in [4.78, 5) is 14.7. The van der Waals surface area contributed by atoms with E-state index in [0.717, 1.165) is 38.6 Å². The van der Waals surface area contributed by atoms with Crippen molar-refractivity contribution >= 4 is 17.5 Å². The molecular weight excluding hydrogens is 317 g/mol. The molecule has 1 aliphatic heterocycles. The van der Waals surface area contributed by atoms with Crippen LogP contribution in [0.2, 0.25) is 5.02 Å². The molecule has 1 N–H and O–H groups in total. The first-order valence-corrected chi connectivity index (χ1v) is 8.82. The molecule has 1 amide bonds. The number of hydrogen-bond acceptors (Lipinski definition) is 2. The van der Waals surface area contributed by atoms with Gasteiger partial charge >= 0.3 is 0 Å². The van der Waals surface area contributed by atoms with Crippen molar-refractivity contribution in [1.29, 1.82) is 0 Å². The van der Waals surface area contributed by atoms with Gasteiger partial charge in [0.25, 0.3) is 0 Å². The van der Waals surface area contributed by atoms with Crippen molar-refractivity contribution < 1.29 is 14.3 Å². The average molecular weight is 340 g/mol. The first-order valence-electron chi connectivity index (χ1n) is 8.44. The molecule has 0 spiro atoms. The van der Waals surface area contributed by atoms with Crippen molar-refractivity contribution in [2.24, 2.45) is 11.8 Å². The maximum atomic E-state index is 13.9. The van der Waals surface area contributed by atoms with Gasteiger partial charge < -0.3 is 10.0 Å². The van der Waals surface area contributed by atoms with Gasteiger partial charge in [-0.25, -0.2) is 4.39 Å². The minimum absolute atomic E-state index is 0.136. The molecule has 1 heterocycles. The van der Waals surface area contributed by atoms with Gasteiger partial charge in [0.1, 0.15) is 5.82 Å². The van der Waals surface area contributed by atoms with Crippen LogP contribution in [0.25, 0.3) is 0 Å². The largest absolute Gasteiger partial charge is 0.396 e. The molecule has 3 rings (SSSR count). The van der Waals surface area contributed by atoms with Crippen LogP contribution in [0.3, 0.4) is 0 Å². The molecule has 1 saturated carbocycles. The molecule has 126 valence electrons. The number of likely N-dealkylation sites (tertiary alicyclic amines) is 1. The molecule has 1 aromatic rings. The number of carbonyl (C=O) groups excluding carboxylic acids is 1. The summed E-state index contributed by atoms with van der Waals surface area (Å²) < 4.78 is 13.9. The summed E-state index contributed by atoms with van der Waals surface area (Å²) in [6, 6.07) is 4.94. The maximum absolute atomic E-state index is 13.9. The predicted molar refractivity (Wildman–Crippen MR) is 87.8 cm³/mol. The number of aliphatic hydroxyl groups excluding tert-OH is 1. The summed E-state index contributed by atoms with van der Waals surface area (Å²) in [5, 5.41) is 9.63.